The van der Waals surface area contributed by atoms with Gasteiger partial charge in [0.2, 0.25) is 0 Å². The van der Waals surface area contributed by atoms with Crippen molar-refractivity contribution in [2.24, 2.45) is 22.1 Å². The van der Waals surface area contributed by atoms with Crippen LogP contribution < -0.4 is 15.9 Å². The van der Waals surface area contributed by atoms with E-state index in [9.17, 15) is 13.9 Å². The van der Waals surface area contributed by atoms with Crippen molar-refractivity contribution < 1.29 is 23.4 Å². The molecule has 2 atom stereocenters. The Hall–Kier alpha value is -2.95. The third kappa shape index (κ3) is 6.53. The van der Waals surface area contributed by atoms with Crippen molar-refractivity contribution in [2.75, 3.05) is 0 Å². The molecule has 1 aliphatic carbocycles. The number of amidine groups is 1. The summed E-state index contributed by atoms with van der Waals surface area (Å²) < 4.78 is 35.3. The van der Waals surface area contributed by atoms with Gasteiger partial charge in [0.15, 0.2) is 5.84 Å². The first-order valence-corrected chi connectivity index (χ1v) is 10.7. The molecule has 1 fully saturated rings. The molecule has 10 heteroatoms. The molecule has 0 aliphatic heterocycles. The van der Waals surface area contributed by atoms with E-state index in [2.05, 4.69) is 20.4 Å². The van der Waals surface area contributed by atoms with Crippen LogP contribution in [-0.2, 0) is 16.9 Å². The highest BCUT2D eigenvalue weighted by Gasteiger charge is 2.46. The van der Waals surface area contributed by atoms with Gasteiger partial charge in [-0.05, 0) is 42.0 Å². The molecule has 0 spiro atoms. The monoisotopic (exact) mass is 461 g/mol. The van der Waals surface area contributed by atoms with Crippen LogP contribution in [0.15, 0.2) is 58.9 Å². The Morgan fingerprint density at radius 1 is 1.21 bits per heavy atom. The summed E-state index contributed by atoms with van der Waals surface area (Å²) in [5.74, 6) is 5.03. The van der Waals surface area contributed by atoms with Crippen LogP contribution >= 0.6 is 0 Å². The van der Waals surface area contributed by atoms with E-state index in [-0.39, 0.29) is 29.6 Å². The van der Waals surface area contributed by atoms with Crippen LogP contribution in [0.2, 0.25) is 0 Å². The number of halogens is 2. The lowest BCUT2D eigenvalue weighted by molar-refractivity contribution is -0.0875. The predicted octanol–water partition coefficient (Wildman–Crippen LogP) is 4.08. The molecule has 2 aromatic carbocycles. The molecule has 178 valence electrons. The van der Waals surface area contributed by atoms with Crippen LogP contribution in [0.5, 0.6) is 5.75 Å². The molecule has 1 aliphatic rings. The minimum Gasteiger partial charge on any atom is -0.435 e. The normalized spacial score (nSPS) is 16.8. The van der Waals surface area contributed by atoms with E-state index < -0.39 is 18.9 Å². The number of nitrogens with one attached hydrogen (secondary N) is 2. The zero-order chi connectivity index (χ0) is 24.0. The number of alkyl halides is 2. The highest BCUT2D eigenvalue weighted by molar-refractivity contribution is 5.96. The van der Waals surface area contributed by atoms with Crippen molar-refractivity contribution in [2.45, 2.75) is 57.8 Å². The quantitative estimate of drug-likeness (QED) is 0.100. The van der Waals surface area contributed by atoms with Gasteiger partial charge in [-0.25, -0.2) is 0 Å². The topological polar surface area (TPSA) is 125 Å². The largest absolute Gasteiger partial charge is 0.435 e. The van der Waals surface area contributed by atoms with Gasteiger partial charge in [0, 0.05) is 11.1 Å². The Kier molecular flexibility index (Phi) is 8.06. The molecule has 3 rings (SSSR count). The van der Waals surface area contributed by atoms with Gasteiger partial charge in [0.1, 0.15) is 12.0 Å². The number of nitrogens with zero attached hydrogens (tertiary/aromatic N) is 2. The molecule has 0 saturated heterocycles. The number of ether oxygens (including phenoxy) is 2. The van der Waals surface area contributed by atoms with E-state index in [1.54, 1.807) is 24.3 Å². The fourth-order valence-electron chi connectivity index (χ4n) is 3.72. The van der Waals surface area contributed by atoms with E-state index in [1.807, 2.05) is 26.0 Å². The molecular weight excluding hydrogens is 432 g/mol. The van der Waals surface area contributed by atoms with Gasteiger partial charge < -0.3 is 20.4 Å². The third-order valence-corrected chi connectivity index (χ3v) is 5.58. The number of aliphatic hydroxyl groups is 1. The van der Waals surface area contributed by atoms with Crippen molar-refractivity contribution in [1.29, 1.82) is 5.41 Å². The van der Waals surface area contributed by atoms with Gasteiger partial charge in [0.25, 0.3) is 0 Å². The lowest BCUT2D eigenvalue weighted by Gasteiger charge is -2.31. The fourth-order valence-corrected chi connectivity index (χ4v) is 3.72. The lowest BCUT2D eigenvalue weighted by Crippen LogP contribution is -2.48. The van der Waals surface area contributed by atoms with Crippen LogP contribution in [0.1, 0.15) is 43.4 Å². The first kappa shape index (κ1) is 24.7. The van der Waals surface area contributed by atoms with E-state index in [1.165, 1.54) is 12.1 Å². The van der Waals surface area contributed by atoms with Crippen molar-refractivity contribution in [3.05, 3.63) is 65.2 Å². The van der Waals surface area contributed by atoms with E-state index in [0.717, 1.165) is 18.4 Å². The summed E-state index contributed by atoms with van der Waals surface area (Å²) in [6.45, 7) is 1.13. The fraction of sp³-hybridized carbons (Fsp3) is 0.435. The van der Waals surface area contributed by atoms with Crippen LogP contribution in [0.3, 0.4) is 0 Å². The summed E-state index contributed by atoms with van der Waals surface area (Å²) in [6, 6.07) is 13.6. The molecule has 0 bridgehead atoms. The second kappa shape index (κ2) is 10.8. The summed E-state index contributed by atoms with van der Waals surface area (Å²) in [4.78, 5) is 0. The molecule has 0 heterocycles. The smallest absolute Gasteiger partial charge is 0.387 e. The summed E-state index contributed by atoms with van der Waals surface area (Å²) in [5, 5.41) is 28.7. The Morgan fingerprint density at radius 2 is 1.91 bits per heavy atom. The summed E-state index contributed by atoms with van der Waals surface area (Å²) in [6.07, 6.45) is 0.221. The van der Waals surface area contributed by atoms with Gasteiger partial charge in [-0.3, -0.25) is 10.7 Å². The predicted molar refractivity (Wildman–Crippen MR) is 119 cm³/mol. The van der Waals surface area contributed by atoms with E-state index in [0.29, 0.717) is 11.1 Å². The summed E-state index contributed by atoms with van der Waals surface area (Å²) in [5.41, 5.74) is 1.87. The minimum atomic E-state index is -2.89. The Bertz CT molecular complexity index is 965. The second-order valence-electron chi connectivity index (χ2n) is 8.36. The maximum atomic E-state index is 12.5. The van der Waals surface area contributed by atoms with Gasteiger partial charge in [0.05, 0.1) is 12.7 Å². The highest BCUT2D eigenvalue weighted by Crippen LogP contribution is 2.46. The molecule has 0 radical (unpaired) electrons. The maximum absolute atomic E-state index is 12.5. The Balaban J connectivity index is 1.64. The molecule has 5 N–H and O–H groups in total. The lowest BCUT2D eigenvalue weighted by atomic mass is 10.00. The number of hydrogen-bond donors (Lipinski definition) is 4. The summed E-state index contributed by atoms with van der Waals surface area (Å²) >= 11 is 0. The Morgan fingerprint density at radius 3 is 2.48 bits per heavy atom. The molecule has 1 saturated carbocycles. The van der Waals surface area contributed by atoms with Crippen LogP contribution in [-0.4, -0.2) is 29.9 Å². The van der Waals surface area contributed by atoms with Gasteiger partial charge in [-0.15, -0.1) is 5.11 Å². The van der Waals surface area contributed by atoms with Gasteiger partial charge in [-0.2, -0.15) is 8.78 Å². The molecule has 0 aromatic heterocycles. The van der Waals surface area contributed by atoms with Crippen LogP contribution in [0, 0.1) is 11.3 Å². The number of aliphatic hydroxyl groups excluding tert-OH is 1. The second-order valence-corrected chi connectivity index (χ2v) is 8.36. The molecular formula is C23H29F2N5O3. The molecule has 1 unspecified atom stereocenters. The third-order valence-electron chi connectivity index (χ3n) is 5.58. The standard InChI is InChI=1S/C23H29F2N5O3/c1-14(2)19(32-13-15-4-3-5-18(12-15)33-22(24)25)21(31)28-23(10-11-23)17-8-6-16(7-9-17)20(26)29-30-27/h3-9,12,14,19,21-22,28,31H,10-11,13H2,1-2H3,(H3,26,27,29)/t19-,21?/m1/s1. The SMILES string of the molecule is CC(C)[C@@H](OCc1cccc(OC(F)F)c1)C(O)NC1(c2ccc(C(=N)N=NN)cc2)CC1. The maximum Gasteiger partial charge on any atom is 0.387 e. The average molecular weight is 462 g/mol. The molecule has 8 nitrogen and oxygen atoms in total. The Labute approximate surface area is 191 Å². The number of nitrogens with two attached hydrogens (primary N) is 1. The molecule has 2 aromatic rings. The van der Waals surface area contributed by atoms with Crippen LogP contribution in [0.25, 0.3) is 0 Å². The van der Waals surface area contributed by atoms with Crippen molar-refractivity contribution in [3.8, 4) is 5.75 Å². The minimum absolute atomic E-state index is 0.00623. The van der Waals surface area contributed by atoms with E-state index in [4.69, 9.17) is 16.0 Å². The average Bonchev–Trinajstić information content (AvgIpc) is 3.54. The number of benzene rings is 2. The van der Waals surface area contributed by atoms with Gasteiger partial charge in [-0.1, -0.05) is 55.5 Å². The first-order chi connectivity index (χ1) is 15.7. The van der Waals surface area contributed by atoms with Crippen molar-refractivity contribution >= 4 is 5.84 Å². The highest BCUT2D eigenvalue weighted by atomic mass is 19.3. The zero-order valence-corrected chi connectivity index (χ0v) is 18.5. The zero-order valence-electron chi connectivity index (χ0n) is 18.5. The van der Waals surface area contributed by atoms with Crippen molar-refractivity contribution in [1.82, 2.24) is 5.32 Å². The molecule has 33 heavy (non-hydrogen) atoms. The molecule has 0 amide bonds. The van der Waals surface area contributed by atoms with E-state index >= 15 is 0 Å². The van der Waals surface area contributed by atoms with Gasteiger partial charge >= 0.3 is 6.61 Å². The summed E-state index contributed by atoms with van der Waals surface area (Å²) in [7, 11) is 0. The number of hydrogen-bond acceptors (Lipinski definition) is 6. The van der Waals surface area contributed by atoms with Crippen molar-refractivity contribution in [3.63, 3.8) is 0 Å². The number of rotatable bonds is 11. The first-order valence-electron chi connectivity index (χ1n) is 10.7. The van der Waals surface area contributed by atoms with Crippen LogP contribution in [0.4, 0.5) is 8.78 Å².